The summed E-state index contributed by atoms with van der Waals surface area (Å²) in [7, 11) is 0. The lowest BCUT2D eigenvalue weighted by atomic mass is 9.92. The van der Waals surface area contributed by atoms with Crippen molar-refractivity contribution in [2.75, 3.05) is 0 Å². The zero-order chi connectivity index (χ0) is 12.0. The second-order valence-electron chi connectivity index (χ2n) is 3.78. The van der Waals surface area contributed by atoms with Gasteiger partial charge in [-0.05, 0) is 49.9 Å². The molecule has 2 rings (SSSR count). The number of hydrogen-bond acceptors (Lipinski definition) is 0. The van der Waals surface area contributed by atoms with Crippen molar-refractivity contribution in [2.24, 2.45) is 0 Å². The second kappa shape index (κ2) is 6.18. The lowest BCUT2D eigenvalue weighted by Gasteiger charge is -2.13. The van der Waals surface area contributed by atoms with Crippen LogP contribution in [0.5, 0.6) is 0 Å². The molecule has 1 aromatic carbocycles. The van der Waals surface area contributed by atoms with E-state index in [1.54, 1.807) is 0 Å². The third kappa shape index (κ3) is 3.00. The Morgan fingerprint density at radius 3 is 2.56 bits per heavy atom. The normalized spacial score (nSPS) is 12.4. The first-order chi connectivity index (χ1) is 7.79. The fourth-order valence-electron chi connectivity index (χ4n) is 1.85. The summed E-state index contributed by atoms with van der Waals surface area (Å²) >= 11 is 0. The number of rotatable bonds is 0. The van der Waals surface area contributed by atoms with E-state index in [2.05, 4.69) is 43.0 Å². The zero-order valence-corrected chi connectivity index (χ0v) is 10.7. The highest BCUT2D eigenvalue weighted by Crippen LogP contribution is 2.24. The molecule has 0 fully saturated rings. The van der Waals surface area contributed by atoms with Crippen LogP contribution in [0.15, 0.2) is 23.8 Å². The molecule has 0 amide bonds. The maximum atomic E-state index is 3.10. The summed E-state index contributed by atoms with van der Waals surface area (Å²) in [5.74, 6) is 6.03. The summed E-state index contributed by atoms with van der Waals surface area (Å²) in [4.78, 5) is 0. The topological polar surface area (TPSA) is 0 Å². The number of aryl methyl sites for hydroxylation is 1. The first kappa shape index (κ1) is 12.6. The van der Waals surface area contributed by atoms with Crippen molar-refractivity contribution in [3.8, 4) is 11.8 Å². The number of fused-ring (bicyclic) bond motifs is 1. The van der Waals surface area contributed by atoms with E-state index < -0.39 is 0 Å². The van der Waals surface area contributed by atoms with Gasteiger partial charge in [0, 0.05) is 5.56 Å². The van der Waals surface area contributed by atoms with Crippen molar-refractivity contribution in [3.63, 3.8) is 0 Å². The molecular weight excluding hydrogens is 192 g/mol. The monoisotopic (exact) mass is 212 g/mol. The van der Waals surface area contributed by atoms with Crippen molar-refractivity contribution in [1.29, 1.82) is 0 Å². The maximum absolute atomic E-state index is 3.10. The standard InChI is InChI=1S/C14H14.C2H6/c1-3-4-12-6-8-13-9-11(2)5-7-14(13)10-12;1-2/h6,8-10H,5,7H2,1-2H3;1-2H3. The molecule has 16 heavy (non-hydrogen) atoms. The molecular formula is C16H20. The van der Waals surface area contributed by atoms with Crippen LogP contribution in [0.3, 0.4) is 0 Å². The van der Waals surface area contributed by atoms with Crippen molar-refractivity contribution >= 4 is 6.08 Å². The molecule has 1 aliphatic carbocycles. The second-order valence-corrected chi connectivity index (χ2v) is 3.78. The van der Waals surface area contributed by atoms with E-state index in [4.69, 9.17) is 0 Å². The number of hydrogen-bond donors (Lipinski definition) is 0. The zero-order valence-electron chi connectivity index (χ0n) is 10.7. The van der Waals surface area contributed by atoms with Gasteiger partial charge in [-0.25, -0.2) is 0 Å². The Labute approximate surface area is 99.4 Å². The molecule has 0 heteroatoms. The lowest BCUT2D eigenvalue weighted by Crippen LogP contribution is -1.97. The average Bonchev–Trinajstić information content (AvgIpc) is 2.32. The highest BCUT2D eigenvalue weighted by Gasteiger charge is 2.07. The first-order valence-corrected chi connectivity index (χ1v) is 6.02. The Morgan fingerprint density at radius 1 is 1.12 bits per heavy atom. The molecule has 84 valence electrons. The summed E-state index contributed by atoms with van der Waals surface area (Å²) in [5, 5.41) is 0. The lowest BCUT2D eigenvalue weighted by molar-refractivity contribution is 0.927. The third-order valence-corrected chi connectivity index (χ3v) is 2.60. The van der Waals surface area contributed by atoms with Crippen molar-refractivity contribution in [2.45, 2.75) is 40.5 Å². The van der Waals surface area contributed by atoms with Crippen LogP contribution in [0.25, 0.3) is 6.08 Å². The maximum Gasteiger partial charge on any atom is 0.0248 e. The SMILES string of the molecule is CC.CC#Cc1ccc2c(c1)CCC(C)=C2. The van der Waals surface area contributed by atoms with Gasteiger partial charge in [0.25, 0.3) is 0 Å². The van der Waals surface area contributed by atoms with Crippen LogP contribution >= 0.6 is 0 Å². The smallest absolute Gasteiger partial charge is 0.0248 e. The Balaban J connectivity index is 0.000000606. The van der Waals surface area contributed by atoms with E-state index in [0.29, 0.717) is 0 Å². The Kier molecular flexibility index (Phi) is 4.86. The van der Waals surface area contributed by atoms with E-state index in [1.165, 1.54) is 23.1 Å². The molecule has 0 heterocycles. The molecule has 0 saturated carbocycles. The summed E-state index contributed by atoms with van der Waals surface area (Å²) < 4.78 is 0. The highest BCUT2D eigenvalue weighted by atomic mass is 14.1. The van der Waals surface area contributed by atoms with Crippen molar-refractivity contribution < 1.29 is 0 Å². The van der Waals surface area contributed by atoms with Crippen LogP contribution in [0.4, 0.5) is 0 Å². The van der Waals surface area contributed by atoms with Gasteiger partial charge in [-0.3, -0.25) is 0 Å². The average molecular weight is 212 g/mol. The molecule has 0 nitrogen and oxygen atoms in total. The van der Waals surface area contributed by atoms with Crippen LogP contribution in [0.1, 0.15) is 50.8 Å². The van der Waals surface area contributed by atoms with Crippen LogP contribution in [-0.2, 0) is 6.42 Å². The Bertz CT molecular complexity index is 439. The van der Waals surface area contributed by atoms with Crippen LogP contribution in [-0.4, -0.2) is 0 Å². The predicted molar refractivity (Wildman–Crippen MR) is 72.3 cm³/mol. The molecule has 0 unspecified atom stereocenters. The summed E-state index contributed by atoms with van der Waals surface area (Å²) in [6.07, 6.45) is 4.63. The van der Waals surface area contributed by atoms with E-state index >= 15 is 0 Å². The number of benzene rings is 1. The first-order valence-electron chi connectivity index (χ1n) is 6.02. The molecule has 0 radical (unpaired) electrons. The molecule has 1 aliphatic rings. The molecule has 0 aliphatic heterocycles. The molecule has 0 N–H and O–H groups in total. The molecule has 0 spiro atoms. The van der Waals surface area contributed by atoms with Gasteiger partial charge in [0.05, 0.1) is 0 Å². The van der Waals surface area contributed by atoms with Gasteiger partial charge in [-0.15, -0.1) is 5.92 Å². The minimum Gasteiger partial charge on any atom is -0.101 e. The quantitative estimate of drug-likeness (QED) is 0.558. The fraction of sp³-hybridized carbons (Fsp3) is 0.375. The Morgan fingerprint density at radius 2 is 1.88 bits per heavy atom. The molecule has 0 bridgehead atoms. The van der Waals surface area contributed by atoms with Gasteiger partial charge in [-0.2, -0.15) is 0 Å². The highest BCUT2D eigenvalue weighted by molar-refractivity contribution is 5.60. The van der Waals surface area contributed by atoms with Gasteiger partial charge < -0.3 is 0 Å². The van der Waals surface area contributed by atoms with Gasteiger partial charge in [-0.1, -0.05) is 37.5 Å². The molecule has 0 saturated heterocycles. The summed E-state index contributed by atoms with van der Waals surface area (Å²) in [5.41, 5.74) is 5.43. The van der Waals surface area contributed by atoms with Gasteiger partial charge in [0.1, 0.15) is 0 Å². The van der Waals surface area contributed by atoms with E-state index in [-0.39, 0.29) is 0 Å². The molecule has 0 aromatic heterocycles. The number of allylic oxidation sites excluding steroid dienone is 1. The largest absolute Gasteiger partial charge is 0.101 e. The van der Waals surface area contributed by atoms with Crippen LogP contribution < -0.4 is 0 Å². The summed E-state index contributed by atoms with van der Waals surface area (Å²) in [6.45, 7) is 8.08. The Hall–Kier alpha value is -1.48. The van der Waals surface area contributed by atoms with Gasteiger partial charge in [0.2, 0.25) is 0 Å². The van der Waals surface area contributed by atoms with Crippen molar-refractivity contribution in [1.82, 2.24) is 0 Å². The van der Waals surface area contributed by atoms with E-state index in [0.717, 1.165) is 12.0 Å². The van der Waals surface area contributed by atoms with Gasteiger partial charge in [0.15, 0.2) is 0 Å². The van der Waals surface area contributed by atoms with E-state index in [9.17, 15) is 0 Å². The van der Waals surface area contributed by atoms with Crippen LogP contribution in [0.2, 0.25) is 0 Å². The van der Waals surface area contributed by atoms with E-state index in [1.807, 2.05) is 20.8 Å². The third-order valence-electron chi connectivity index (χ3n) is 2.60. The minimum atomic E-state index is 1.14. The fourth-order valence-corrected chi connectivity index (χ4v) is 1.85. The molecule has 1 aromatic rings. The summed E-state index contributed by atoms with van der Waals surface area (Å²) in [6, 6.07) is 6.50. The van der Waals surface area contributed by atoms with Crippen LogP contribution in [0, 0.1) is 11.8 Å². The predicted octanol–water partition coefficient (Wildman–Crippen LogP) is 4.43. The van der Waals surface area contributed by atoms with Crippen molar-refractivity contribution in [3.05, 3.63) is 40.5 Å². The minimum absolute atomic E-state index is 1.14. The molecule has 0 atom stereocenters. The van der Waals surface area contributed by atoms with Gasteiger partial charge >= 0.3 is 0 Å².